The molecule has 2 unspecified atom stereocenters. The van der Waals surface area contributed by atoms with E-state index >= 15 is 0 Å². The molecule has 474 valence electrons. The van der Waals surface area contributed by atoms with Gasteiger partial charge in [-0.25, -0.2) is 0 Å². The number of esters is 1. The first-order valence-electron chi connectivity index (χ1n) is 36.6. The fourth-order valence-corrected chi connectivity index (χ4v) is 11.6. The van der Waals surface area contributed by atoms with E-state index in [1.54, 1.807) is 6.08 Å². The summed E-state index contributed by atoms with van der Waals surface area (Å²) in [6.07, 6.45) is 88.4. The van der Waals surface area contributed by atoms with E-state index in [1.165, 1.54) is 340 Å². The number of aliphatic hydroxyl groups is 2. The number of hydrogen-bond donors (Lipinski definition) is 3. The van der Waals surface area contributed by atoms with Crippen molar-refractivity contribution in [2.75, 3.05) is 13.2 Å². The minimum Gasteiger partial charge on any atom is -0.466 e. The number of carbonyl (C=O) groups is 2. The molecule has 0 spiro atoms. The SMILES string of the molecule is CCCCC/C=C\CCCCCCCC(=O)OCCCCCCCCCCCCCCCCCCCCCCCCCCCCCCCC(=O)NC(CO)C(O)/C=C/CCCCCCCCCCCCCCCCCCCCCC. The second-order valence-corrected chi connectivity index (χ2v) is 25.3. The van der Waals surface area contributed by atoms with Crippen molar-refractivity contribution in [3.8, 4) is 0 Å². The molecular formula is C74H143NO5. The van der Waals surface area contributed by atoms with Crippen molar-refractivity contribution < 1.29 is 24.5 Å². The summed E-state index contributed by atoms with van der Waals surface area (Å²) in [6, 6.07) is -0.626. The number of unbranched alkanes of at least 4 members (excludes halogenated alkanes) is 56. The van der Waals surface area contributed by atoms with Crippen molar-refractivity contribution in [2.45, 2.75) is 424 Å². The summed E-state index contributed by atoms with van der Waals surface area (Å²) < 4.78 is 5.48. The molecule has 0 aliphatic carbocycles. The lowest BCUT2D eigenvalue weighted by Crippen LogP contribution is -2.45. The molecule has 0 bridgehead atoms. The Labute approximate surface area is 501 Å². The summed E-state index contributed by atoms with van der Waals surface area (Å²) in [5, 5.41) is 23.3. The van der Waals surface area contributed by atoms with E-state index in [1.807, 2.05) is 6.08 Å². The molecule has 80 heavy (non-hydrogen) atoms. The highest BCUT2D eigenvalue weighted by Gasteiger charge is 2.18. The van der Waals surface area contributed by atoms with Gasteiger partial charge in [-0.2, -0.15) is 0 Å². The highest BCUT2D eigenvalue weighted by Crippen LogP contribution is 2.19. The highest BCUT2D eigenvalue weighted by atomic mass is 16.5. The molecule has 6 heteroatoms. The minimum atomic E-state index is -0.843. The van der Waals surface area contributed by atoms with Crippen molar-refractivity contribution in [3.05, 3.63) is 24.3 Å². The maximum atomic E-state index is 12.5. The molecule has 0 aromatic rings. The minimum absolute atomic E-state index is 0.00970. The van der Waals surface area contributed by atoms with Crippen molar-refractivity contribution in [1.82, 2.24) is 5.32 Å². The first-order valence-corrected chi connectivity index (χ1v) is 36.6. The Bertz CT molecular complexity index is 1250. The number of allylic oxidation sites excluding steroid dienone is 3. The summed E-state index contributed by atoms with van der Waals surface area (Å²) in [4.78, 5) is 24.6. The molecule has 0 aliphatic heterocycles. The van der Waals surface area contributed by atoms with E-state index in [0.717, 1.165) is 44.9 Å². The van der Waals surface area contributed by atoms with Crippen LogP contribution in [0.4, 0.5) is 0 Å². The molecule has 0 aliphatic rings. The number of ether oxygens (including phenoxy) is 1. The first-order chi connectivity index (χ1) is 39.5. The van der Waals surface area contributed by atoms with Crippen LogP contribution in [0, 0.1) is 0 Å². The number of rotatable bonds is 69. The molecule has 0 heterocycles. The second kappa shape index (κ2) is 69.8. The second-order valence-electron chi connectivity index (χ2n) is 25.3. The van der Waals surface area contributed by atoms with E-state index in [0.29, 0.717) is 19.4 Å². The molecule has 2 atom stereocenters. The average Bonchev–Trinajstić information content (AvgIpc) is 3.46. The maximum Gasteiger partial charge on any atom is 0.305 e. The Balaban J connectivity index is 3.37. The van der Waals surface area contributed by atoms with Crippen molar-refractivity contribution >= 4 is 11.9 Å². The zero-order valence-electron chi connectivity index (χ0n) is 54.3. The predicted octanol–water partition coefficient (Wildman–Crippen LogP) is 23.7. The summed E-state index contributed by atoms with van der Waals surface area (Å²) in [7, 11) is 0. The predicted molar refractivity (Wildman–Crippen MR) is 352 cm³/mol. The summed E-state index contributed by atoms with van der Waals surface area (Å²) in [5.41, 5.74) is 0. The van der Waals surface area contributed by atoms with E-state index < -0.39 is 12.1 Å². The Kier molecular flexibility index (Phi) is 68.4. The van der Waals surface area contributed by atoms with Gasteiger partial charge in [-0.3, -0.25) is 9.59 Å². The van der Waals surface area contributed by atoms with E-state index in [2.05, 4.69) is 31.3 Å². The van der Waals surface area contributed by atoms with Crippen LogP contribution in [-0.2, 0) is 14.3 Å². The van der Waals surface area contributed by atoms with Gasteiger partial charge in [0.25, 0.3) is 0 Å². The Morgan fingerprint density at radius 2 is 0.588 bits per heavy atom. The maximum absolute atomic E-state index is 12.5. The molecule has 0 fully saturated rings. The van der Waals surface area contributed by atoms with Crippen LogP contribution in [0.2, 0.25) is 0 Å². The monoisotopic (exact) mass is 1130 g/mol. The summed E-state index contributed by atoms with van der Waals surface area (Å²) in [6.45, 7) is 4.92. The van der Waals surface area contributed by atoms with Gasteiger partial charge in [0.05, 0.1) is 25.4 Å². The van der Waals surface area contributed by atoms with Gasteiger partial charge < -0.3 is 20.3 Å². The van der Waals surface area contributed by atoms with E-state index in [9.17, 15) is 19.8 Å². The lowest BCUT2D eigenvalue weighted by atomic mass is 10.0. The Hall–Kier alpha value is -1.66. The molecule has 3 N–H and O–H groups in total. The molecule has 0 rings (SSSR count). The molecule has 0 radical (unpaired) electrons. The molecular weight excluding hydrogens is 983 g/mol. The molecule has 6 nitrogen and oxygen atoms in total. The van der Waals surface area contributed by atoms with Gasteiger partial charge in [0, 0.05) is 12.8 Å². The van der Waals surface area contributed by atoms with Crippen LogP contribution < -0.4 is 5.32 Å². The Morgan fingerprint density at radius 3 is 0.912 bits per heavy atom. The summed E-state index contributed by atoms with van der Waals surface area (Å²) in [5.74, 6) is -0.0502. The number of aliphatic hydroxyl groups excluding tert-OH is 2. The third-order valence-corrected chi connectivity index (χ3v) is 17.2. The van der Waals surface area contributed by atoms with Gasteiger partial charge in [0.1, 0.15) is 0 Å². The van der Waals surface area contributed by atoms with Crippen LogP contribution in [0.5, 0.6) is 0 Å². The van der Waals surface area contributed by atoms with Gasteiger partial charge >= 0.3 is 5.97 Å². The third kappa shape index (κ3) is 65.5. The van der Waals surface area contributed by atoms with E-state index in [4.69, 9.17) is 4.74 Å². The van der Waals surface area contributed by atoms with Crippen molar-refractivity contribution in [1.29, 1.82) is 0 Å². The number of hydrogen-bond acceptors (Lipinski definition) is 5. The van der Waals surface area contributed by atoms with Crippen LogP contribution in [0.15, 0.2) is 24.3 Å². The van der Waals surface area contributed by atoms with Crippen molar-refractivity contribution in [3.63, 3.8) is 0 Å². The fraction of sp³-hybridized carbons (Fsp3) is 0.919. The lowest BCUT2D eigenvalue weighted by Gasteiger charge is -2.20. The number of carbonyl (C=O) groups excluding carboxylic acids is 2. The largest absolute Gasteiger partial charge is 0.466 e. The van der Waals surface area contributed by atoms with Crippen LogP contribution in [0.1, 0.15) is 412 Å². The zero-order chi connectivity index (χ0) is 57.8. The molecule has 0 saturated carbocycles. The molecule has 0 aromatic heterocycles. The van der Waals surface area contributed by atoms with Crippen molar-refractivity contribution in [2.24, 2.45) is 0 Å². The van der Waals surface area contributed by atoms with Gasteiger partial charge in [-0.05, 0) is 57.8 Å². The third-order valence-electron chi connectivity index (χ3n) is 17.2. The Morgan fingerprint density at radius 1 is 0.338 bits per heavy atom. The van der Waals surface area contributed by atoms with E-state index in [-0.39, 0.29) is 18.5 Å². The smallest absolute Gasteiger partial charge is 0.305 e. The van der Waals surface area contributed by atoms with Gasteiger partial charge in [0.15, 0.2) is 0 Å². The highest BCUT2D eigenvalue weighted by molar-refractivity contribution is 5.76. The number of amides is 1. The van der Waals surface area contributed by atoms with Crippen LogP contribution in [0.25, 0.3) is 0 Å². The van der Waals surface area contributed by atoms with Gasteiger partial charge in [-0.1, -0.05) is 366 Å². The van der Waals surface area contributed by atoms with Gasteiger partial charge in [-0.15, -0.1) is 0 Å². The molecule has 0 saturated heterocycles. The standard InChI is InChI=1S/C74H143NO5/c1-3-5-7-9-11-13-15-17-18-19-20-21-31-34-37-40-43-46-50-54-58-62-66-72(77)71(70-76)75-73(78)67-63-59-55-51-47-44-41-38-35-32-29-27-25-23-22-24-26-28-30-33-36-39-42-45-49-53-57-61-65-69-80-74(79)68-64-60-56-52-48-16-14-12-10-8-6-4-2/h12,14,62,66,71-72,76-77H,3-11,13,15-61,63-65,67-70H2,1-2H3,(H,75,78)/b14-12-,66-62+. The van der Waals surface area contributed by atoms with Crippen LogP contribution in [0.3, 0.4) is 0 Å². The summed E-state index contributed by atoms with van der Waals surface area (Å²) >= 11 is 0. The number of nitrogens with one attached hydrogen (secondary N) is 1. The molecule has 0 aromatic carbocycles. The molecule has 1 amide bonds. The normalized spacial score (nSPS) is 12.6. The lowest BCUT2D eigenvalue weighted by molar-refractivity contribution is -0.143. The fourth-order valence-electron chi connectivity index (χ4n) is 11.6. The van der Waals surface area contributed by atoms with Gasteiger partial charge in [0.2, 0.25) is 5.91 Å². The quantitative estimate of drug-likeness (QED) is 0.0320. The zero-order valence-corrected chi connectivity index (χ0v) is 54.3. The average molecular weight is 1130 g/mol. The van der Waals surface area contributed by atoms with Crippen LogP contribution in [-0.4, -0.2) is 47.4 Å². The topological polar surface area (TPSA) is 95.9 Å². The van der Waals surface area contributed by atoms with Crippen LogP contribution >= 0.6 is 0 Å². The first kappa shape index (κ1) is 78.3.